The minimum Gasteiger partial charge on any atom is -0.479 e. The Labute approximate surface area is 178 Å². The first kappa shape index (κ1) is 26.3. The molecule has 1 aromatic rings. The molecule has 0 saturated carbocycles. The molecule has 1 rings (SSSR count). The second kappa shape index (κ2) is 14.3. The lowest BCUT2D eigenvalue weighted by molar-refractivity contribution is -0.145. The monoisotopic (exact) mass is 442 g/mol. The largest absolute Gasteiger partial charge is 0.479 e. The molecule has 1 aromatic carbocycles. The maximum atomic E-state index is 12.4. The van der Waals surface area contributed by atoms with Gasteiger partial charge in [-0.25, -0.2) is 4.79 Å². The van der Waals surface area contributed by atoms with Gasteiger partial charge in [-0.1, -0.05) is 56.5 Å². The number of hydrogen-bond acceptors (Lipinski definition) is 5. The summed E-state index contributed by atoms with van der Waals surface area (Å²) in [4.78, 5) is 33.4. The van der Waals surface area contributed by atoms with Gasteiger partial charge in [0.15, 0.2) is 6.10 Å². The lowest BCUT2D eigenvalue weighted by Gasteiger charge is -2.21. The molecule has 0 aromatic heterocycles. The summed E-state index contributed by atoms with van der Waals surface area (Å²) in [6, 6.07) is 9.65. The molecular weight excluding hydrogens is 407 g/mol. The molecule has 1 amide bonds. The van der Waals surface area contributed by atoms with E-state index in [1.165, 1.54) is 0 Å². The third-order valence-corrected chi connectivity index (χ3v) is 6.33. The quantitative estimate of drug-likeness (QED) is 0.228. The van der Waals surface area contributed by atoms with Crippen LogP contribution in [0.5, 0.6) is 0 Å². The molecule has 0 aliphatic heterocycles. The maximum Gasteiger partial charge on any atom is 0.333 e. The van der Waals surface area contributed by atoms with Crippen molar-refractivity contribution in [2.75, 3.05) is 19.3 Å². The van der Waals surface area contributed by atoms with E-state index in [1.54, 1.807) is 6.92 Å². The molecule has 5 N–H and O–H groups in total. The number of unbranched alkanes of at least 4 members (excludes halogenated alkanes) is 3. The van der Waals surface area contributed by atoms with Gasteiger partial charge in [0.25, 0.3) is 0 Å². The first-order valence-electron chi connectivity index (χ1n) is 10.5. The number of carbonyl (C=O) groups excluding carboxylic acids is 1. The lowest BCUT2D eigenvalue weighted by Crippen LogP contribution is -2.30. The molecule has 170 valence electrons. The summed E-state index contributed by atoms with van der Waals surface area (Å²) in [6.45, 7) is 2.52. The van der Waals surface area contributed by atoms with Gasteiger partial charge in [-0.05, 0) is 37.3 Å². The molecule has 0 saturated heterocycles. The van der Waals surface area contributed by atoms with Gasteiger partial charge in [0.1, 0.15) is 0 Å². The second-order valence-electron chi connectivity index (χ2n) is 7.64. The van der Waals surface area contributed by atoms with E-state index in [9.17, 15) is 24.2 Å². The normalized spacial score (nSPS) is 15.2. The van der Waals surface area contributed by atoms with Crippen LogP contribution in [0.1, 0.15) is 51.0 Å². The van der Waals surface area contributed by atoms with E-state index in [0.29, 0.717) is 25.8 Å². The fourth-order valence-corrected chi connectivity index (χ4v) is 4.62. The van der Waals surface area contributed by atoms with Gasteiger partial charge in [-0.15, -0.1) is 0 Å². The van der Waals surface area contributed by atoms with E-state index in [2.05, 4.69) is 5.32 Å². The van der Waals surface area contributed by atoms with Crippen LogP contribution in [0.4, 0.5) is 0 Å². The summed E-state index contributed by atoms with van der Waals surface area (Å²) in [5, 5.41) is 12.0. The van der Waals surface area contributed by atoms with E-state index < -0.39 is 19.7 Å². The SMILES string of the molecule is CC(CNC(=O)CCc1ccccc1)CP(=O)(O)OC(CCCCCCN)C(=O)O. The average molecular weight is 442 g/mol. The van der Waals surface area contributed by atoms with Gasteiger partial charge >= 0.3 is 13.6 Å². The Balaban J connectivity index is 2.36. The lowest BCUT2D eigenvalue weighted by atomic mass is 10.1. The van der Waals surface area contributed by atoms with Crippen molar-refractivity contribution in [3.05, 3.63) is 35.9 Å². The molecular formula is C21H35N2O6P. The molecule has 3 atom stereocenters. The first-order valence-corrected chi connectivity index (χ1v) is 12.2. The van der Waals surface area contributed by atoms with Crippen molar-refractivity contribution >= 4 is 19.5 Å². The smallest absolute Gasteiger partial charge is 0.333 e. The zero-order chi connectivity index (χ0) is 22.4. The number of carboxylic acid groups (broad SMARTS) is 1. The predicted molar refractivity (Wildman–Crippen MR) is 116 cm³/mol. The van der Waals surface area contributed by atoms with Crippen LogP contribution >= 0.6 is 7.60 Å². The molecule has 0 fully saturated rings. The number of aliphatic carboxylic acids is 1. The number of benzene rings is 1. The number of carbonyl (C=O) groups is 2. The Hall–Kier alpha value is -1.73. The van der Waals surface area contributed by atoms with Gasteiger partial charge in [0, 0.05) is 13.0 Å². The first-order chi connectivity index (χ1) is 14.2. The molecule has 8 nitrogen and oxygen atoms in total. The Morgan fingerprint density at radius 2 is 1.83 bits per heavy atom. The third kappa shape index (κ3) is 12.1. The molecule has 9 heteroatoms. The summed E-state index contributed by atoms with van der Waals surface area (Å²) in [7, 11) is -4.10. The molecule has 30 heavy (non-hydrogen) atoms. The molecule has 0 spiro atoms. The Morgan fingerprint density at radius 3 is 2.47 bits per heavy atom. The van der Waals surface area contributed by atoms with Gasteiger partial charge < -0.3 is 21.1 Å². The van der Waals surface area contributed by atoms with Crippen LogP contribution in [0.15, 0.2) is 30.3 Å². The van der Waals surface area contributed by atoms with Crippen LogP contribution in [-0.4, -0.2) is 47.2 Å². The molecule has 0 heterocycles. The molecule has 3 unspecified atom stereocenters. The summed E-state index contributed by atoms with van der Waals surface area (Å²) >= 11 is 0. The highest BCUT2D eigenvalue weighted by atomic mass is 31.2. The van der Waals surface area contributed by atoms with Crippen LogP contribution in [0.2, 0.25) is 0 Å². The highest BCUT2D eigenvalue weighted by molar-refractivity contribution is 7.52. The zero-order valence-electron chi connectivity index (χ0n) is 17.7. The fourth-order valence-electron chi connectivity index (χ4n) is 3.03. The van der Waals surface area contributed by atoms with Crippen LogP contribution < -0.4 is 11.1 Å². The number of nitrogens with one attached hydrogen (secondary N) is 1. The summed E-state index contributed by atoms with van der Waals surface area (Å²) < 4.78 is 17.4. The van der Waals surface area contributed by atoms with Gasteiger partial charge in [-0.3, -0.25) is 13.9 Å². The Morgan fingerprint density at radius 1 is 1.17 bits per heavy atom. The van der Waals surface area contributed by atoms with Gasteiger partial charge in [-0.2, -0.15) is 0 Å². The van der Waals surface area contributed by atoms with E-state index in [1.807, 2.05) is 30.3 Å². The van der Waals surface area contributed by atoms with Crippen molar-refractivity contribution in [2.24, 2.45) is 11.7 Å². The van der Waals surface area contributed by atoms with Gasteiger partial charge in [0.05, 0.1) is 6.16 Å². The molecule has 0 aliphatic rings. The Kier molecular flexibility index (Phi) is 12.5. The van der Waals surface area contributed by atoms with Crippen molar-refractivity contribution in [3.8, 4) is 0 Å². The Bertz CT molecular complexity index is 685. The number of aryl methyl sites for hydroxylation is 1. The average Bonchev–Trinajstić information content (AvgIpc) is 2.70. The van der Waals surface area contributed by atoms with Crippen LogP contribution in [0, 0.1) is 5.92 Å². The minimum absolute atomic E-state index is 0.139. The van der Waals surface area contributed by atoms with Crippen LogP contribution in [0.3, 0.4) is 0 Å². The summed E-state index contributed by atoms with van der Waals surface area (Å²) in [5.41, 5.74) is 6.49. The molecule has 0 radical (unpaired) electrons. The number of hydrogen-bond donors (Lipinski definition) is 4. The van der Waals surface area contributed by atoms with E-state index >= 15 is 0 Å². The number of carboxylic acids is 1. The summed E-state index contributed by atoms with van der Waals surface area (Å²) in [5.74, 6) is -1.72. The topological polar surface area (TPSA) is 139 Å². The van der Waals surface area contributed by atoms with Crippen molar-refractivity contribution in [2.45, 2.75) is 58.0 Å². The highest BCUT2D eigenvalue weighted by Gasteiger charge is 2.31. The summed E-state index contributed by atoms with van der Waals surface area (Å²) in [6.07, 6.45) is 2.73. The minimum atomic E-state index is -4.10. The van der Waals surface area contributed by atoms with E-state index in [-0.39, 0.29) is 31.0 Å². The maximum absolute atomic E-state index is 12.4. The van der Waals surface area contributed by atoms with Crippen LogP contribution in [0.25, 0.3) is 0 Å². The predicted octanol–water partition coefficient (Wildman–Crippen LogP) is 2.94. The molecule has 0 aliphatic carbocycles. The highest BCUT2D eigenvalue weighted by Crippen LogP contribution is 2.45. The second-order valence-corrected chi connectivity index (χ2v) is 9.49. The van der Waals surface area contributed by atoms with Gasteiger partial charge in [0.2, 0.25) is 5.91 Å². The third-order valence-electron chi connectivity index (χ3n) is 4.66. The number of amides is 1. The van der Waals surface area contributed by atoms with E-state index in [0.717, 1.165) is 24.8 Å². The van der Waals surface area contributed by atoms with Crippen molar-refractivity contribution in [3.63, 3.8) is 0 Å². The molecule has 0 bridgehead atoms. The zero-order valence-corrected chi connectivity index (χ0v) is 18.6. The number of nitrogens with two attached hydrogens (primary N) is 1. The van der Waals surface area contributed by atoms with E-state index in [4.69, 9.17) is 10.3 Å². The fraction of sp³-hybridized carbons (Fsp3) is 0.619. The standard InChI is InChI=1S/C21H35N2O6P/c1-17(15-23-20(24)13-12-18-9-5-4-6-10-18)16-30(27,28)29-19(21(25)26)11-7-2-3-8-14-22/h4-6,9-10,17,19H,2-3,7-8,11-16,22H2,1H3,(H,23,24)(H,25,26)(H,27,28). The van der Waals surface area contributed by atoms with Crippen molar-refractivity contribution in [1.29, 1.82) is 0 Å². The van der Waals surface area contributed by atoms with Crippen molar-refractivity contribution < 1.29 is 28.7 Å². The van der Waals surface area contributed by atoms with Crippen LogP contribution in [-0.2, 0) is 25.1 Å². The number of rotatable bonds is 16. The van der Waals surface area contributed by atoms with Crippen molar-refractivity contribution in [1.82, 2.24) is 5.32 Å².